The summed E-state index contributed by atoms with van der Waals surface area (Å²) < 4.78 is 0. The van der Waals surface area contributed by atoms with Crippen LogP contribution in [-0.2, 0) is 9.59 Å². The summed E-state index contributed by atoms with van der Waals surface area (Å²) in [4.78, 5) is 25.5. The highest BCUT2D eigenvalue weighted by atomic mass is 16.2. The van der Waals surface area contributed by atoms with Crippen molar-refractivity contribution < 1.29 is 9.59 Å². The fourth-order valence-electron chi connectivity index (χ4n) is 5.22. The smallest absolute Gasteiger partial charge is 0.254 e. The molecule has 4 atom stereocenters. The highest BCUT2D eigenvalue weighted by Gasteiger charge is 2.63. The largest absolute Gasteiger partial charge is 0.269 e. The van der Waals surface area contributed by atoms with Crippen LogP contribution in [0.25, 0.3) is 0 Å². The van der Waals surface area contributed by atoms with Crippen molar-refractivity contribution in [3.05, 3.63) is 12.2 Å². The average molecular weight is 231 g/mol. The van der Waals surface area contributed by atoms with Gasteiger partial charge < -0.3 is 0 Å². The first-order chi connectivity index (χ1) is 8.22. The van der Waals surface area contributed by atoms with Crippen molar-refractivity contribution in [3.8, 4) is 0 Å². The molecular formula is C14H17NO2. The second-order valence-electron chi connectivity index (χ2n) is 6.15. The Morgan fingerprint density at radius 2 is 1.88 bits per heavy atom. The van der Waals surface area contributed by atoms with Crippen LogP contribution in [-0.4, -0.2) is 22.3 Å². The molecule has 3 nitrogen and oxygen atoms in total. The van der Waals surface area contributed by atoms with Gasteiger partial charge in [-0.15, -0.1) is 0 Å². The van der Waals surface area contributed by atoms with Gasteiger partial charge in [0.05, 0.1) is 5.54 Å². The molecule has 0 spiro atoms. The quantitative estimate of drug-likeness (QED) is 0.646. The lowest BCUT2D eigenvalue weighted by atomic mass is 9.76. The molecule has 3 aliphatic carbocycles. The number of fused-ring (bicyclic) bond motifs is 5. The van der Waals surface area contributed by atoms with Crippen molar-refractivity contribution in [3.63, 3.8) is 0 Å². The van der Waals surface area contributed by atoms with Crippen molar-refractivity contribution in [2.45, 2.75) is 44.1 Å². The minimum absolute atomic E-state index is 0.0665. The molecule has 4 rings (SSSR count). The van der Waals surface area contributed by atoms with Crippen molar-refractivity contribution >= 4 is 11.8 Å². The molecule has 1 heterocycles. The van der Waals surface area contributed by atoms with Gasteiger partial charge in [-0.2, -0.15) is 0 Å². The summed E-state index contributed by atoms with van der Waals surface area (Å²) in [6, 6.07) is 0. The predicted octanol–water partition coefficient (Wildman–Crippen LogP) is 1.88. The van der Waals surface area contributed by atoms with Crippen LogP contribution in [0.1, 0.15) is 38.5 Å². The number of rotatable bonds is 1. The number of amides is 2. The Morgan fingerprint density at radius 3 is 2.65 bits per heavy atom. The molecule has 17 heavy (non-hydrogen) atoms. The normalized spacial score (nSPS) is 47.3. The molecule has 3 heteroatoms. The summed E-state index contributed by atoms with van der Waals surface area (Å²) >= 11 is 0. The summed E-state index contributed by atoms with van der Waals surface area (Å²) in [5.41, 5.74) is -0.0937. The number of imide groups is 1. The van der Waals surface area contributed by atoms with Crippen molar-refractivity contribution in [1.29, 1.82) is 0 Å². The van der Waals surface area contributed by atoms with Crippen LogP contribution in [0.5, 0.6) is 0 Å². The Labute approximate surface area is 101 Å². The van der Waals surface area contributed by atoms with E-state index in [4.69, 9.17) is 0 Å². The summed E-state index contributed by atoms with van der Waals surface area (Å²) in [6.45, 7) is 0. The third-order valence-corrected chi connectivity index (χ3v) is 5.68. The molecule has 2 bridgehead atoms. The van der Waals surface area contributed by atoms with E-state index in [0.717, 1.165) is 24.7 Å². The topological polar surface area (TPSA) is 37.4 Å². The Morgan fingerprint density at radius 1 is 1.12 bits per heavy atom. The van der Waals surface area contributed by atoms with Crippen LogP contribution >= 0.6 is 0 Å². The summed E-state index contributed by atoms with van der Waals surface area (Å²) in [5.74, 6) is 2.05. The first kappa shape index (κ1) is 9.86. The fraction of sp³-hybridized carbons (Fsp3) is 0.714. The first-order valence-electron chi connectivity index (χ1n) is 6.79. The molecule has 0 aromatic carbocycles. The molecule has 4 unspecified atom stereocenters. The molecule has 0 N–H and O–H groups in total. The Bertz CT molecular complexity index is 424. The molecule has 0 aromatic heterocycles. The SMILES string of the molecule is O=C1C=CC(=O)N1C12CCC(C1)C1CCCC12. The van der Waals surface area contributed by atoms with Gasteiger partial charge in [0.25, 0.3) is 11.8 Å². The molecule has 3 fully saturated rings. The fourth-order valence-corrected chi connectivity index (χ4v) is 5.22. The number of nitrogens with zero attached hydrogens (tertiary/aromatic N) is 1. The van der Waals surface area contributed by atoms with E-state index >= 15 is 0 Å². The Kier molecular flexibility index (Phi) is 1.74. The molecule has 3 saturated carbocycles. The van der Waals surface area contributed by atoms with E-state index in [-0.39, 0.29) is 17.4 Å². The van der Waals surface area contributed by atoms with Gasteiger partial charge >= 0.3 is 0 Å². The van der Waals surface area contributed by atoms with Gasteiger partial charge in [0, 0.05) is 12.2 Å². The molecule has 0 radical (unpaired) electrons. The zero-order valence-electron chi connectivity index (χ0n) is 9.89. The molecule has 0 saturated heterocycles. The predicted molar refractivity (Wildman–Crippen MR) is 61.9 cm³/mol. The first-order valence-corrected chi connectivity index (χ1v) is 6.79. The maximum absolute atomic E-state index is 12.0. The lowest BCUT2D eigenvalue weighted by Gasteiger charge is -2.42. The highest BCUT2D eigenvalue weighted by molar-refractivity contribution is 6.13. The third kappa shape index (κ3) is 1.03. The van der Waals surface area contributed by atoms with Crippen molar-refractivity contribution in [2.24, 2.45) is 17.8 Å². The van der Waals surface area contributed by atoms with Gasteiger partial charge in [0.15, 0.2) is 0 Å². The van der Waals surface area contributed by atoms with Crippen LogP contribution in [0.15, 0.2) is 12.2 Å². The minimum Gasteiger partial charge on any atom is -0.269 e. The standard InChI is InChI=1S/C14H17NO2/c16-12-4-5-13(17)15(12)14-7-6-9(8-14)10-2-1-3-11(10)14/h4-5,9-11H,1-3,6-8H2. The zero-order valence-corrected chi connectivity index (χ0v) is 9.89. The molecule has 4 aliphatic rings. The Hall–Kier alpha value is -1.12. The van der Waals surface area contributed by atoms with E-state index in [0.29, 0.717) is 5.92 Å². The van der Waals surface area contributed by atoms with Gasteiger partial charge in [-0.25, -0.2) is 0 Å². The summed E-state index contributed by atoms with van der Waals surface area (Å²) in [7, 11) is 0. The van der Waals surface area contributed by atoms with Gasteiger partial charge in [0.1, 0.15) is 0 Å². The van der Waals surface area contributed by atoms with E-state index in [9.17, 15) is 9.59 Å². The van der Waals surface area contributed by atoms with Crippen LogP contribution in [0.4, 0.5) is 0 Å². The number of carbonyl (C=O) groups is 2. The van der Waals surface area contributed by atoms with Crippen LogP contribution < -0.4 is 0 Å². The van der Waals surface area contributed by atoms with Crippen LogP contribution in [0, 0.1) is 17.8 Å². The van der Waals surface area contributed by atoms with E-state index < -0.39 is 0 Å². The second kappa shape index (κ2) is 3.01. The van der Waals surface area contributed by atoms with Crippen molar-refractivity contribution in [2.75, 3.05) is 0 Å². The number of hydrogen-bond acceptors (Lipinski definition) is 2. The maximum atomic E-state index is 12.0. The lowest BCUT2D eigenvalue weighted by molar-refractivity contribution is -0.146. The second-order valence-corrected chi connectivity index (χ2v) is 6.15. The number of carbonyl (C=O) groups excluding carboxylic acids is 2. The van der Waals surface area contributed by atoms with Crippen LogP contribution in [0.2, 0.25) is 0 Å². The van der Waals surface area contributed by atoms with Gasteiger partial charge in [0.2, 0.25) is 0 Å². The Balaban J connectivity index is 1.77. The van der Waals surface area contributed by atoms with Gasteiger partial charge in [-0.3, -0.25) is 14.5 Å². The van der Waals surface area contributed by atoms with Crippen molar-refractivity contribution in [1.82, 2.24) is 4.90 Å². The average Bonchev–Trinajstić information content (AvgIpc) is 2.99. The van der Waals surface area contributed by atoms with Crippen LogP contribution in [0.3, 0.4) is 0 Å². The molecular weight excluding hydrogens is 214 g/mol. The maximum Gasteiger partial charge on any atom is 0.254 e. The van der Waals surface area contributed by atoms with Gasteiger partial charge in [-0.05, 0) is 49.9 Å². The number of hydrogen-bond donors (Lipinski definition) is 0. The van der Waals surface area contributed by atoms with E-state index in [1.54, 1.807) is 4.90 Å². The van der Waals surface area contributed by atoms with E-state index in [2.05, 4.69) is 0 Å². The molecule has 0 aromatic rings. The van der Waals surface area contributed by atoms with E-state index in [1.807, 2.05) is 0 Å². The summed E-state index contributed by atoms with van der Waals surface area (Å²) in [5, 5.41) is 0. The van der Waals surface area contributed by atoms with E-state index in [1.165, 1.54) is 37.8 Å². The minimum atomic E-state index is -0.0937. The lowest BCUT2D eigenvalue weighted by Crippen LogP contribution is -2.54. The molecule has 90 valence electrons. The highest BCUT2D eigenvalue weighted by Crippen LogP contribution is 2.63. The monoisotopic (exact) mass is 231 g/mol. The molecule has 1 aliphatic heterocycles. The zero-order chi connectivity index (χ0) is 11.6. The molecule has 2 amide bonds. The van der Waals surface area contributed by atoms with Gasteiger partial charge in [-0.1, -0.05) is 6.42 Å². The summed E-state index contributed by atoms with van der Waals surface area (Å²) in [6.07, 6.45) is 10.1. The third-order valence-electron chi connectivity index (χ3n) is 5.68.